The molecule has 7 heteroatoms. The Labute approximate surface area is 173 Å². The number of ether oxygens (including phenoxy) is 1. The molecular formula is C23H22N2O5. The number of amides is 2. The summed E-state index contributed by atoms with van der Waals surface area (Å²) in [4.78, 5) is 36.9. The van der Waals surface area contributed by atoms with Crippen molar-refractivity contribution in [3.8, 4) is 5.75 Å². The van der Waals surface area contributed by atoms with E-state index in [2.05, 4.69) is 10.6 Å². The van der Waals surface area contributed by atoms with Gasteiger partial charge in [0.1, 0.15) is 5.75 Å². The maximum Gasteiger partial charge on any atom is 0.307 e. The Hall–Kier alpha value is -3.61. The van der Waals surface area contributed by atoms with Crippen LogP contribution in [-0.4, -0.2) is 30.0 Å². The fourth-order valence-electron chi connectivity index (χ4n) is 4.40. The summed E-state index contributed by atoms with van der Waals surface area (Å²) >= 11 is 0. The number of hydrogen-bond donors (Lipinski definition) is 3. The Balaban J connectivity index is 1.49. The minimum atomic E-state index is -0.941. The van der Waals surface area contributed by atoms with Crippen LogP contribution in [0.4, 0.5) is 11.4 Å². The lowest BCUT2D eigenvalue weighted by Crippen LogP contribution is -2.36. The van der Waals surface area contributed by atoms with E-state index in [4.69, 9.17) is 4.74 Å². The summed E-state index contributed by atoms with van der Waals surface area (Å²) in [5.74, 6) is -2.59. The van der Waals surface area contributed by atoms with Crippen molar-refractivity contribution in [2.75, 3.05) is 17.7 Å². The molecule has 0 aromatic heterocycles. The highest BCUT2D eigenvalue weighted by atomic mass is 16.5. The Kier molecular flexibility index (Phi) is 5.27. The lowest BCUT2D eigenvalue weighted by Gasteiger charge is -2.24. The third-order valence-electron chi connectivity index (χ3n) is 5.80. The van der Waals surface area contributed by atoms with Crippen LogP contribution in [0.15, 0.2) is 60.7 Å². The van der Waals surface area contributed by atoms with Gasteiger partial charge < -0.3 is 20.5 Å². The zero-order valence-electron chi connectivity index (χ0n) is 16.4. The van der Waals surface area contributed by atoms with Gasteiger partial charge in [-0.1, -0.05) is 30.4 Å². The van der Waals surface area contributed by atoms with E-state index in [1.165, 1.54) is 7.11 Å². The predicted octanol–water partition coefficient (Wildman–Crippen LogP) is 3.41. The van der Waals surface area contributed by atoms with Crippen LogP contribution in [0.25, 0.3) is 0 Å². The Morgan fingerprint density at radius 3 is 2.33 bits per heavy atom. The smallest absolute Gasteiger partial charge is 0.307 e. The number of methoxy groups -OCH3 is 1. The first kappa shape index (κ1) is 19.7. The van der Waals surface area contributed by atoms with E-state index in [-0.39, 0.29) is 23.7 Å². The summed E-state index contributed by atoms with van der Waals surface area (Å²) in [5, 5.41) is 15.1. The molecule has 0 saturated heterocycles. The number of rotatable bonds is 6. The predicted molar refractivity (Wildman–Crippen MR) is 111 cm³/mol. The average molecular weight is 406 g/mol. The minimum Gasteiger partial charge on any atom is -0.494 e. The van der Waals surface area contributed by atoms with E-state index >= 15 is 0 Å². The molecule has 0 spiro atoms. The second kappa shape index (κ2) is 8.02. The number of carbonyl (C=O) groups excluding carboxylic acids is 2. The number of carboxylic acid groups (broad SMARTS) is 1. The number of carboxylic acids is 1. The quantitative estimate of drug-likeness (QED) is 0.638. The summed E-state index contributed by atoms with van der Waals surface area (Å²) in [6, 6.07) is 13.7. The van der Waals surface area contributed by atoms with Crippen LogP contribution >= 0.6 is 0 Å². The van der Waals surface area contributed by atoms with Gasteiger partial charge in [-0.25, -0.2) is 0 Å². The summed E-state index contributed by atoms with van der Waals surface area (Å²) in [6.45, 7) is 0. The molecular weight excluding hydrogens is 384 g/mol. The summed E-state index contributed by atoms with van der Waals surface area (Å²) < 4.78 is 5.37. The molecule has 30 heavy (non-hydrogen) atoms. The number of hydrogen-bond acceptors (Lipinski definition) is 4. The SMILES string of the molecule is COc1cc(NC(=O)[C@H]2[C@@H](C(=O)O)[C@@H]3C=C[C@H]2C3)ccc1NC(=O)c1ccccc1. The highest BCUT2D eigenvalue weighted by Crippen LogP contribution is 2.48. The molecule has 2 aromatic carbocycles. The molecule has 0 unspecified atom stereocenters. The van der Waals surface area contributed by atoms with E-state index in [0.29, 0.717) is 29.1 Å². The van der Waals surface area contributed by atoms with Crippen molar-refractivity contribution in [1.82, 2.24) is 0 Å². The van der Waals surface area contributed by atoms with Crippen molar-refractivity contribution < 1.29 is 24.2 Å². The molecule has 1 saturated carbocycles. The highest BCUT2D eigenvalue weighted by molar-refractivity contribution is 6.05. The van der Waals surface area contributed by atoms with Crippen LogP contribution < -0.4 is 15.4 Å². The van der Waals surface area contributed by atoms with Crippen LogP contribution in [0, 0.1) is 23.7 Å². The number of nitrogens with one attached hydrogen (secondary N) is 2. The van der Waals surface area contributed by atoms with Gasteiger partial charge in [0.25, 0.3) is 5.91 Å². The molecule has 2 bridgehead atoms. The standard InChI is InChI=1S/C23H22N2O5/c1-30-18-12-16(9-10-17(18)25-21(26)13-5-3-2-4-6-13)24-22(27)19-14-7-8-15(11-14)20(19)23(28)29/h2-10,12,14-15,19-20H,11H2,1H3,(H,24,27)(H,25,26)(H,28,29)/t14-,15+,19+,20-/m0/s1. The fourth-order valence-corrected chi connectivity index (χ4v) is 4.40. The van der Waals surface area contributed by atoms with Gasteiger partial charge in [0.15, 0.2) is 0 Å². The van der Waals surface area contributed by atoms with Crippen LogP contribution in [0.5, 0.6) is 5.75 Å². The van der Waals surface area contributed by atoms with E-state index in [1.807, 2.05) is 18.2 Å². The maximum atomic E-state index is 12.8. The molecule has 4 atom stereocenters. The van der Waals surface area contributed by atoms with Gasteiger partial charge in [0.2, 0.25) is 5.91 Å². The molecule has 2 aliphatic rings. The van der Waals surface area contributed by atoms with Gasteiger partial charge in [-0.15, -0.1) is 0 Å². The molecule has 7 nitrogen and oxygen atoms in total. The number of carbonyl (C=O) groups is 3. The second-order valence-electron chi connectivity index (χ2n) is 7.56. The topological polar surface area (TPSA) is 105 Å². The molecule has 4 rings (SSSR count). The first-order chi connectivity index (χ1) is 14.5. The molecule has 0 radical (unpaired) electrons. The van der Waals surface area contributed by atoms with Crippen molar-refractivity contribution in [2.24, 2.45) is 23.7 Å². The Morgan fingerprint density at radius 1 is 0.967 bits per heavy atom. The van der Waals surface area contributed by atoms with E-state index in [0.717, 1.165) is 0 Å². The zero-order valence-corrected chi connectivity index (χ0v) is 16.4. The van der Waals surface area contributed by atoms with Gasteiger partial charge in [0.05, 0.1) is 24.6 Å². The third kappa shape index (κ3) is 3.66. The van der Waals surface area contributed by atoms with Crippen LogP contribution in [0.3, 0.4) is 0 Å². The number of allylic oxidation sites excluding steroid dienone is 2. The molecule has 2 aromatic rings. The van der Waals surface area contributed by atoms with Crippen molar-refractivity contribution in [2.45, 2.75) is 6.42 Å². The molecule has 2 amide bonds. The normalized spacial score (nSPS) is 23.8. The van der Waals surface area contributed by atoms with Gasteiger partial charge in [0, 0.05) is 17.3 Å². The van der Waals surface area contributed by atoms with E-state index in [9.17, 15) is 19.5 Å². The van der Waals surface area contributed by atoms with Gasteiger partial charge >= 0.3 is 5.97 Å². The molecule has 1 fully saturated rings. The first-order valence-electron chi connectivity index (χ1n) is 9.74. The van der Waals surface area contributed by atoms with Crippen LogP contribution in [-0.2, 0) is 9.59 Å². The summed E-state index contributed by atoms with van der Waals surface area (Å²) in [7, 11) is 1.47. The third-order valence-corrected chi connectivity index (χ3v) is 5.80. The number of anilines is 2. The average Bonchev–Trinajstić information content (AvgIpc) is 3.37. The zero-order chi connectivity index (χ0) is 21.3. The fraction of sp³-hybridized carbons (Fsp3) is 0.261. The number of fused-ring (bicyclic) bond motifs is 2. The van der Waals surface area contributed by atoms with Gasteiger partial charge in [-0.3, -0.25) is 14.4 Å². The van der Waals surface area contributed by atoms with Gasteiger partial charge in [-0.2, -0.15) is 0 Å². The maximum absolute atomic E-state index is 12.8. The lowest BCUT2D eigenvalue weighted by atomic mass is 9.82. The Morgan fingerprint density at radius 2 is 1.67 bits per heavy atom. The van der Waals surface area contributed by atoms with Gasteiger partial charge in [-0.05, 0) is 42.5 Å². The van der Waals surface area contributed by atoms with Crippen molar-refractivity contribution >= 4 is 29.2 Å². The summed E-state index contributed by atoms with van der Waals surface area (Å²) in [6.07, 6.45) is 4.54. The molecule has 154 valence electrons. The number of benzene rings is 2. The molecule has 0 aliphatic heterocycles. The molecule has 0 heterocycles. The molecule has 3 N–H and O–H groups in total. The largest absolute Gasteiger partial charge is 0.494 e. The van der Waals surface area contributed by atoms with E-state index < -0.39 is 17.8 Å². The van der Waals surface area contributed by atoms with Crippen molar-refractivity contribution in [3.05, 3.63) is 66.2 Å². The minimum absolute atomic E-state index is 0.0533. The van der Waals surface area contributed by atoms with Crippen LogP contribution in [0.2, 0.25) is 0 Å². The van der Waals surface area contributed by atoms with Crippen molar-refractivity contribution in [3.63, 3.8) is 0 Å². The first-order valence-corrected chi connectivity index (χ1v) is 9.74. The van der Waals surface area contributed by atoms with E-state index in [1.54, 1.807) is 42.5 Å². The van der Waals surface area contributed by atoms with Crippen LogP contribution in [0.1, 0.15) is 16.8 Å². The molecule has 2 aliphatic carbocycles. The number of aliphatic carboxylic acids is 1. The second-order valence-corrected chi connectivity index (χ2v) is 7.56. The summed E-state index contributed by atoms with van der Waals surface area (Å²) in [5.41, 5.74) is 1.46. The monoisotopic (exact) mass is 406 g/mol. The van der Waals surface area contributed by atoms with Crippen molar-refractivity contribution in [1.29, 1.82) is 0 Å². The Bertz CT molecular complexity index is 1020. The highest BCUT2D eigenvalue weighted by Gasteiger charge is 2.51. The lowest BCUT2D eigenvalue weighted by molar-refractivity contribution is -0.146.